The van der Waals surface area contributed by atoms with E-state index in [4.69, 9.17) is 0 Å². The van der Waals surface area contributed by atoms with Crippen molar-refractivity contribution in [2.75, 3.05) is 13.6 Å². The fraction of sp³-hybridized carbons (Fsp3) is 0.333. The summed E-state index contributed by atoms with van der Waals surface area (Å²) in [6.45, 7) is 2.10. The summed E-state index contributed by atoms with van der Waals surface area (Å²) in [5, 5.41) is 0. The fourth-order valence-corrected chi connectivity index (χ4v) is 3.21. The largest absolute Gasteiger partial charge is 0.243 e. The number of hydrogen-bond donors (Lipinski definition) is 0. The zero-order chi connectivity index (χ0) is 11.6. The minimum atomic E-state index is -3.52. The number of halogens is 2. The van der Waals surface area contributed by atoms with Gasteiger partial charge in [0.15, 0.2) is 0 Å². The number of nitrogens with zero attached hydrogens (tertiary/aromatic N) is 1. The molecule has 0 aromatic heterocycles. The van der Waals surface area contributed by atoms with Crippen LogP contribution >= 0.6 is 15.9 Å². The van der Waals surface area contributed by atoms with Crippen LogP contribution in [-0.2, 0) is 10.0 Å². The monoisotopic (exact) mass is 295 g/mol. The maximum Gasteiger partial charge on any atom is 0.243 e. The van der Waals surface area contributed by atoms with Crippen LogP contribution in [0.25, 0.3) is 0 Å². The zero-order valence-electron chi connectivity index (χ0n) is 8.37. The smallest absolute Gasteiger partial charge is 0.207 e. The van der Waals surface area contributed by atoms with Crippen LogP contribution in [0.2, 0.25) is 0 Å². The highest BCUT2D eigenvalue weighted by Gasteiger charge is 2.22. The van der Waals surface area contributed by atoms with Crippen LogP contribution in [0.15, 0.2) is 27.6 Å². The van der Waals surface area contributed by atoms with Crippen LogP contribution in [0.1, 0.15) is 6.92 Å². The molecule has 1 aromatic rings. The lowest BCUT2D eigenvalue weighted by atomic mass is 10.3. The molecule has 0 unspecified atom stereocenters. The Morgan fingerprint density at radius 2 is 2.07 bits per heavy atom. The molecule has 0 atom stereocenters. The molecule has 0 heterocycles. The molecule has 0 aliphatic carbocycles. The van der Waals surface area contributed by atoms with Gasteiger partial charge >= 0.3 is 0 Å². The van der Waals surface area contributed by atoms with Gasteiger partial charge in [0.1, 0.15) is 5.82 Å². The van der Waals surface area contributed by atoms with Gasteiger partial charge in [-0.2, -0.15) is 0 Å². The third-order valence-electron chi connectivity index (χ3n) is 2.03. The van der Waals surface area contributed by atoms with Crippen LogP contribution in [0, 0.1) is 5.82 Å². The minimum absolute atomic E-state index is 0.0771. The first kappa shape index (κ1) is 12.6. The Hall–Kier alpha value is -0.460. The minimum Gasteiger partial charge on any atom is -0.207 e. The van der Waals surface area contributed by atoms with E-state index in [1.165, 1.54) is 17.4 Å². The molecule has 0 aliphatic rings. The van der Waals surface area contributed by atoms with Gasteiger partial charge in [0.2, 0.25) is 10.0 Å². The van der Waals surface area contributed by atoms with Crippen molar-refractivity contribution in [3.63, 3.8) is 0 Å². The Kier molecular flexibility index (Phi) is 3.86. The standard InChI is InChI=1S/C9H11BrFNO2S/c1-3-12(2)15(13,14)9-5-4-7(11)6-8(9)10/h4-6H,3H2,1-2H3. The predicted molar refractivity (Wildman–Crippen MR) is 59.6 cm³/mol. The molecular weight excluding hydrogens is 285 g/mol. The van der Waals surface area contributed by atoms with Crippen molar-refractivity contribution in [2.45, 2.75) is 11.8 Å². The van der Waals surface area contributed by atoms with Gasteiger partial charge in [0.05, 0.1) is 4.90 Å². The van der Waals surface area contributed by atoms with Crippen molar-refractivity contribution in [2.24, 2.45) is 0 Å². The second-order valence-electron chi connectivity index (χ2n) is 2.99. The third-order valence-corrected chi connectivity index (χ3v) is 4.94. The Balaban J connectivity index is 3.28. The van der Waals surface area contributed by atoms with Crippen molar-refractivity contribution in [1.29, 1.82) is 0 Å². The van der Waals surface area contributed by atoms with Crippen LogP contribution in [-0.4, -0.2) is 26.3 Å². The van der Waals surface area contributed by atoms with Crippen molar-refractivity contribution >= 4 is 26.0 Å². The summed E-state index contributed by atoms with van der Waals surface area (Å²) in [5.74, 6) is -0.472. The first-order chi connectivity index (χ1) is 6.89. The summed E-state index contributed by atoms with van der Waals surface area (Å²) < 4.78 is 38.0. The van der Waals surface area contributed by atoms with E-state index in [1.54, 1.807) is 6.92 Å². The molecule has 0 radical (unpaired) electrons. The molecule has 0 spiro atoms. The summed E-state index contributed by atoms with van der Waals surface area (Å²) in [5.41, 5.74) is 0. The van der Waals surface area contributed by atoms with Gasteiger partial charge in [0.25, 0.3) is 0 Å². The molecule has 0 N–H and O–H groups in total. The molecule has 0 bridgehead atoms. The first-order valence-corrected chi connectivity index (χ1v) is 6.54. The average Bonchev–Trinajstić information content (AvgIpc) is 2.15. The molecule has 0 saturated heterocycles. The van der Waals surface area contributed by atoms with Crippen LogP contribution in [0.3, 0.4) is 0 Å². The summed E-state index contributed by atoms with van der Waals surface area (Å²) in [6, 6.07) is 3.51. The van der Waals surface area contributed by atoms with E-state index in [2.05, 4.69) is 15.9 Å². The van der Waals surface area contributed by atoms with E-state index in [1.807, 2.05) is 0 Å². The molecule has 0 fully saturated rings. The highest BCUT2D eigenvalue weighted by molar-refractivity contribution is 9.10. The molecule has 3 nitrogen and oxygen atoms in total. The third kappa shape index (κ3) is 2.56. The van der Waals surface area contributed by atoms with Crippen molar-refractivity contribution in [1.82, 2.24) is 4.31 Å². The molecule has 1 rings (SSSR count). The molecule has 0 aliphatic heterocycles. The van der Waals surface area contributed by atoms with Gasteiger partial charge in [0, 0.05) is 18.1 Å². The van der Waals surface area contributed by atoms with Gasteiger partial charge in [-0.25, -0.2) is 17.1 Å². The first-order valence-electron chi connectivity index (χ1n) is 4.31. The Morgan fingerprint density at radius 1 is 1.47 bits per heavy atom. The Bertz CT molecular complexity index is 461. The van der Waals surface area contributed by atoms with Gasteiger partial charge in [-0.1, -0.05) is 6.92 Å². The number of rotatable bonds is 3. The summed E-state index contributed by atoms with van der Waals surface area (Å²) in [6.07, 6.45) is 0. The van der Waals surface area contributed by atoms with E-state index in [0.29, 0.717) is 6.54 Å². The van der Waals surface area contributed by atoms with Crippen LogP contribution in [0.5, 0.6) is 0 Å². The van der Waals surface area contributed by atoms with Crippen molar-refractivity contribution in [3.05, 3.63) is 28.5 Å². The van der Waals surface area contributed by atoms with E-state index in [9.17, 15) is 12.8 Å². The average molecular weight is 296 g/mol. The van der Waals surface area contributed by atoms with Gasteiger partial charge in [-0.15, -0.1) is 0 Å². The molecular formula is C9H11BrFNO2S. The molecule has 6 heteroatoms. The molecule has 15 heavy (non-hydrogen) atoms. The van der Waals surface area contributed by atoms with E-state index in [-0.39, 0.29) is 9.37 Å². The van der Waals surface area contributed by atoms with Crippen LogP contribution in [0.4, 0.5) is 4.39 Å². The van der Waals surface area contributed by atoms with Gasteiger partial charge in [-0.3, -0.25) is 0 Å². The van der Waals surface area contributed by atoms with Gasteiger partial charge in [-0.05, 0) is 34.1 Å². The van der Waals surface area contributed by atoms with Crippen molar-refractivity contribution < 1.29 is 12.8 Å². The Labute approximate surface area is 97.1 Å². The normalized spacial score (nSPS) is 12.1. The Morgan fingerprint density at radius 3 is 2.53 bits per heavy atom. The molecule has 0 amide bonds. The summed E-state index contributed by atoms with van der Waals surface area (Å²) in [4.78, 5) is 0.0771. The fourth-order valence-electron chi connectivity index (χ4n) is 1.02. The van der Waals surface area contributed by atoms with Crippen molar-refractivity contribution in [3.8, 4) is 0 Å². The SMILES string of the molecule is CCN(C)S(=O)(=O)c1ccc(F)cc1Br. The quantitative estimate of drug-likeness (QED) is 0.857. The highest BCUT2D eigenvalue weighted by atomic mass is 79.9. The van der Waals surface area contributed by atoms with E-state index in [0.717, 1.165) is 12.1 Å². The predicted octanol–water partition coefficient (Wildman–Crippen LogP) is 2.23. The number of sulfonamides is 1. The topological polar surface area (TPSA) is 37.4 Å². The maximum absolute atomic E-state index is 12.8. The van der Waals surface area contributed by atoms with Crippen LogP contribution < -0.4 is 0 Å². The van der Waals surface area contributed by atoms with E-state index >= 15 is 0 Å². The number of benzene rings is 1. The summed E-state index contributed by atoms with van der Waals surface area (Å²) >= 11 is 3.03. The lowest BCUT2D eigenvalue weighted by Crippen LogP contribution is -2.26. The second kappa shape index (κ2) is 4.59. The highest BCUT2D eigenvalue weighted by Crippen LogP contribution is 2.24. The lowest BCUT2D eigenvalue weighted by molar-refractivity contribution is 0.485. The number of hydrogen-bond acceptors (Lipinski definition) is 2. The van der Waals surface area contributed by atoms with Gasteiger partial charge < -0.3 is 0 Å². The molecule has 0 saturated carbocycles. The molecule has 1 aromatic carbocycles. The zero-order valence-corrected chi connectivity index (χ0v) is 10.8. The lowest BCUT2D eigenvalue weighted by Gasteiger charge is -2.15. The summed E-state index contributed by atoms with van der Waals surface area (Å²) in [7, 11) is -2.04. The molecule has 84 valence electrons. The van der Waals surface area contributed by atoms with E-state index < -0.39 is 15.8 Å². The maximum atomic E-state index is 12.8. The second-order valence-corrected chi connectivity index (χ2v) is 5.86.